The van der Waals surface area contributed by atoms with E-state index in [1.165, 1.54) is 6.92 Å². The Balaban J connectivity index is 2.56. The van der Waals surface area contributed by atoms with Gasteiger partial charge < -0.3 is 10.6 Å². The second kappa shape index (κ2) is 6.79. The van der Waals surface area contributed by atoms with E-state index >= 15 is 0 Å². The number of carbonyl (C=O) groups is 2. The van der Waals surface area contributed by atoms with Gasteiger partial charge in [-0.3, -0.25) is 9.59 Å². The largest absolute Gasteiger partial charge is 0.352 e. The highest BCUT2D eigenvalue weighted by Gasteiger charge is 2.06. The van der Waals surface area contributed by atoms with Gasteiger partial charge >= 0.3 is 0 Å². The van der Waals surface area contributed by atoms with Crippen molar-refractivity contribution in [1.29, 1.82) is 0 Å². The summed E-state index contributed by atoms with van der Waals surface area (Å²) in [4.78, 5) is 22.7. The summed E-state index contributed by atoms with van der Waals surface area (Å²) in [6.45, 7) is 6.33. The summed E-state index contributed by atoms with van der Waals surface area (Å²) in [7, 11) is 0. The fourth-order valence-corrected chi connectivity index (χ4v) is 1.42. The van der Waals surface area contributed by atoms with Gasteiger partial charge in [0.15, 0.2) is 0 Å². The highest BCUT2D eigenvalue weighted by atomic mass is 16.2. The summed E-state index contributed by atoms with van der Waals surface area (Å²) in [6, 6.07) is 6.85. The first-order chi connectivity index (χ1) is 8.52. The SMILES string of the molecule is CCC(C)CNC(=O)c1ccc(NC(C)=O)cc1. The maximum absolute atomic E-state index is 11.8. The standard InChI is InChI=1S/C14H20N2O2/c1-4-10(2)9-15-14(18)12-5-7-13(8-6-12)16-11(3)17/h5-8,10H,4,9H2,1-3H3,(H,15,18)(H,16,17). The molecule has 1 aromatic rings. The van der Waals surface area contributed by atoms with E-state index < -0.39 is 0 Å². The van der Waals surface area contributed by atoms with Crippen molar-refractivity contribution in [1.82, 2.24) is 5.32 Å². The van der Waals surface area contributed by atoms with E-state index in [-0.39, 0.29) is 11.8 Å². The molecular weight excluding hydrogens is 228 g/mol. The van der Waals surface area contributed by atoms with Crippen molar-refractivity contribution in [3.63, 3.8) is 0 Å². The van der Waals surface area contributed by atoms with Crippen molar-refractivity contribution < 1.29 is 9.59 Å². The molecule has 2 amide bonds. The monoisotopic (exact) mass is 248 g/mol. The second-order valence-electron chi connectivity index (χ2n) is 4.48. The molecule has 4 heteroatoms. The average molecular weight is 248 g/mol. The molecule has 0 aliphatic rings. The third-order valence-corrected chi connectivity index (χ3v) is 2.78. The lowest BCUT2D eigenvalue weighted by Gasteiger charge is -2.10. The summed E-state index contributed by atoms with van der Waals surface area (Å²) in [5.41, 5.74) is 1.30. The Bertz CT molecular complexity index is 412. The van der Waals surface area contributed by atoms with Crippen LogP contribution in [0.15, 0.2) is 24.3 Å². The van der Waals surface area contributed by atoms with Gasteiger partial charge in [-0.25, -0.2) is 0 Å². The molecule has 0 spiro atoms. The van der Waals surface area contributed by atoms with E-state index in [1.54, 1.807) is 24.3 Å². The van der Waals surface area contributed by atoms with Crippen LogP contribution in [0.4, 0.5) is 5.69 Å². The third kappa shape index (κ3) is 4.57. The molecule has 0 saturated heterocycles. The molecule has 1 aromatic carbocycles. The van der Waals surface area contributed by atoms with Gasteiger partial charge in [-0.2, -0.15) is 0 Å². The molecule has 0 saturated carbocycles. The molecule has 1 atom stereocenters. The number of carbonyl (C=O) groups excluding carboxylic acids is 2. The number of amides is 2. The minimum atomic E-state index is -0.121. The van der Waals surface area contributed by atoms with Crippen LogP contribution in [0.25, 0.3) is 0 Å². The van der Waals surface area contributed by atoms with Crippen LogP contribution < -0.4 is 10.6 Å². The van der Waals surface area contributed by atoms with E-state index in [0.29, 0.717) is 23.7 Å². The van der Waals surface area contributed by atoms with Crippen molar-refractivity contribution in [3.8, 4) is 0 Å². The van der Waals surface area contributed by atoms with Gasteiger partial charge in [-0.05, 0) is 30.2 Å². The van der Waals surface area contributed by atoms with E-state index in [1.807, 2.05) is 0 Å². The molecule has 2 N–H and O–H groups in total. The van der Waals surface area contributed by atoms with Crippen molar-refractivity contribution in [2.45, 2.75) is 27.2 Å². The van der Waals surface area contributed by atoms with E-state index in [9.17, 15) is 9.59 Å². The maximum Gasteiger partial charge on any atom is 0.251 e. The lowest BCUT2D eigenvalue weighted by atomic mass is 10.1. The van der Waals surface area contributed by atoms with Crippen LogP contribution >= 0.6 is 0 Å². The zero-order valence-electron chi connectivity index (χ0n) is 11.1. The highest BCUT2D eigenvalue weighted by molar-refractivity contribution is 5.95. The lowest BCUT2D eigenvalue weighted by Crippen LogP contribution is -2.28. The molecule has 0 aliphatic carbocycles. The first-order valence-electron chi connectivity index (χ1n) is 6.18. The van der Waals surface area contributed by atoms with Gasteiger partial charge in [0.25, 0.3) is 5.91 Å². The van der Waals surface area contributed by atoms with Gasteiger partial charge in [0.2, 0.25) is 5.91 Å². The minimum Gasteiger partial charge on any atom is -0.352 e. The Morgan fingerprint density at radius 3 is 2.33 bits per heavy atom. The van der Waals surface area contributed by atoms with Crippen LogP contribution in [-0.2, 0) is 4.79 Å². The highest BCUT2D eigenvalue weighted by Crippen LogP contribution is 2.09. The number of anilines is 1. The predicted octanol–water partition coefficient (Wildman–Crippen LogP) is 2.42. The van der Waals surface area contributed by atoms with Crippen LogP contribution in [-0.4, -0.2) is 18.4 Å². The molecule has 0 bridgehead atoms. The minimum absolute atomic E-state index is 0.0790. The second-order valence-corrected chi connectivity index (χ2v) is 4.48. The quantitative estimate of drug-likeness (QED) is 0.840. The number of hydrogen-bond donors (Lipinski definition) is 2. The van der Waals surface area contributed by atoms with Crippen LogP contribution in [0.5, 0.6) is 0 Å². The van der Waals surface area contributed by atoms with Gasteiger partial charge in [0.05, 0.1) is 0 Å². The van der Waals surface area contributed by atoms with E-state index in [0.717, 1.165) is 6.42 Å². The van der Waals surface area contributed by atoms with E-state index in [2.05, 4.69) is 24.5 Å². The van der Waals surface area contributed by atoms with E-state index in [4.69, 9.17) is 0 Å². The van der Waals surface area contributed by atoms with Crippen LogP contribution in [0.3, 0.4) is 0 Å². The zero-order chi connectivity index (χ0) is 13.5. The van der Waals surface area contributed by atoms with Crippen molar-refractivity contribution >= 4 is 17.5 Å². The molecule has 0 aromatic heterocycles. The Morgan fingerprint density at radius 1 is 1.22 bits per heavy atom. The average Bonchev–Trinajstić information content (AvgIpc) is 2.35. The Hall–Kier alpha value is -1.84. The molecule has 18 heavy (non-hydrogen) atoms. The zero-order valence-corrected chi connectivity index (χ0v) is 11.1. The molecule has 1 rings (SSSR count). The summed E-state index contributed by atoms with van der Waals surface area (Å²) in [6.07, 6.45) is 1.04. The Labute approximate surface area is 108 Å². The predicted molar refractivity (Wildman–Crippen MR) is 72.5 cm³/mol. The summed E-state index contributed by atoms with van der Waals surface area (Å²) >= 11 is 0. The van der Waals surface area contributed by atoms with Crippen molar-refractivity contribution in [2.24, 2.45) is 5.92 Å². The summed E-state index contributed by atoms with van der Waals surface area (Å²) in [5, 5.41) is 5.54. The molecule has 0 heterocycles. The normalized spacial score (nSPS) is 11.7. The third-order valence-electron chi connectivity index (χ3n) is 2.78. The molecular formula is C14H20N2O2. The molecule has 0 radical (unpaired) electrons. The van der Waals surface area contributed by atoms with Crippen molar-refractivity contribution in [3.05, 3.63) is 29.8 Å². The van der Waals surface area contributed by atoms with Crippen LogP contribution in [0.2, 0.25) is 0 Å². The lowest BCUT2D eigenvalue weighted by molar-refractivity contribution is -0.114. The first kappa shape index (κ1) is 14.2. The fourth-order valence-electron chi connectivity index (χ4n) is 1.42. The maximum atomic E-state index is 11.8. The van der Waals surface area contributed by atoms with Gasteiger partial charge in [-0.1, -0.05) is 20.3 Å². The number of nitrogens with one attached hydrogen (secondary N) is 2. The smallest absolute Gasteiger partial charge is 0.251 e. The molecule has 1 unspecified atom stereocenters. The van der Waals surface area contributed by atoms with Crippen LogP contribution in [0, 0.1) is 5.92 Å². The topological polar surface area (TPSA) is 58.2 Å². The summed E-state index contributed by atoms with van der Waals surface area (Å²) in [5.74, 6) is 0.279. The number of benzene rings is 1. The van der Waals surface area contributed by atoms with Gasteiger partial charge in [0, 0.05) is 24.7 Å². The number of hydrogen-bond acceptors (Lipinski definition) is 2. The molecule has 4 nitrogen and oxygen atoms in total. The van der Waals surface area contributed by atoms with Gasteiger partial charge in [-0.15, -0.1) is 0 Å². The molecule has 0 aliphatic heterocycles. The summed E-state index contributed by atoms with van der Waals surface area (Å²) < 4.78 is 0. The van der Waals surface area contributed by atoms with Crippen LogP contribution in [0.1, 0.15) is 37.6 Å². The molecule has 0 fully saturated rings. The first-order valence-corrected chi connectivity index (χ1v) is 6.18. The Morgan fingerprint density at radius 2 is 1.83 bits per heavy atom. The van der Waals surface area contributed by atoms with Crippen molar-refractivity contribution in [2.75, 3.05) is 11.9 Å². The number of rotatable bonds is 5. The fraction of sp³-hybridized carbons (Fsp3) is 0.429. The van der Waals surface area contributed by atoms with Gasteiger partial charge in [0.1, 0.15) is 0 Å². The molecule has 98 valence electrons. The Kier molecular flexibility index (Phi) is 5.36.